The Morgan fingerprint density at radius 2 is 2.00 bits per heavy atom. The Bertz CT molecular complexity index is 391. The van der Waals surface area contributed by atoms with Gasteiger partial charge in [-0.1, -0.05) is 13.8 Å². The maximum Gasteiger partial charge on any atom is 0.326 e. The third-order valence-corrected chi connectivity index (χ3v) is 2.43. The van der Waals surface area contributed by atoms with Crippen LogP contribution in [0.15, 0.2) is 6.20 Å². The number of rotatable bonds is 4. The molecule has 0 amide bonds. The van der Waals surface area contributed by atoms with Gasteiger partial charge in [0.25, 0.3) is 0 Å². The molecule has 16 heavy (non-hydrogen) atoms. The molecule has 0 fully saturated rings. The molecule has 1 rings (SSSR count). The number of carboxylic acids is 1. The van der Waals surface area contributed by atoms with E-state index in [4.69, 9.17) is 5.11 Å². The van der Waals surface area contributed by atoms with Crippen LogP contribution < -0.4 is 5.32 Å². The van der Waals surface area contributed by atoms with E-state index in [2.05, 4.69) is 15.3 Å². The molecule has 88 valence electrons. The van der Waals surface area contributed by atoms with E-state index in [1.54, 1.807) is 6.20 Å². The normalized spacial score (nSPS) is 12.6. The molecule has 1 atom stereocenters. The van der Waals surface area contributed by atoms with Crippen molar-refractivity contribution in [3.63, 3.8) is 0 Å². The second-order valence-corrected chi connectivity index (χ2v) is 4.13. The molecule has 0 aliphatic carbocycles. The van der Waals surface area contributed by atoms with E-state index in [0.29, 0.717) is 5.82 Å². The van der Waals surface area contributed by atoms with E-state index in [1.807, 2.05) is 27.7 Å². The zero-order valence-corrected chi connectivity index (χ0v) is 9.98. The molecule has 0 saturated carbocycles. The summed E-state index contributed by atoms with van der Waals surface area (Å²) in [5.74, 6) is -0.389. The van der Waals surface area contributed by atoms with Crippen molar-refractivity contribution in [2.75, 3.05) is 5.32 Å². The zero-order chi connectivity index (χ0) is 12.3. The topological polar surface area (TPSA) is 75.1 Å². The number of aryl methyl sites for hydroxylation is 2. The summed E-state index contributed by atoms with van der Waals surface area (Å²) in [6.07, 6.45) is 1.56. The fourth-order valence-electron chi connectivity index (χ4n) is 1.28. The number of aliphatic carboxylic acids is 1. The fraction of sp³-hybridized carbons (Fsp3) is 0.545. The van der Waals surface area contributed by atoms with E-state index >= 15 is 0 Å². The van der Waals surface area contributed by atoms with Gasteiger partial charge < -0.3 is 10.4 Å². The molecule has 0 saturated heterocycles. The van der Waals surface area contributed by atoms with Crippen LogP contribution in [0.1, 0.15) is 25.2 Å². The first-order chi connectivity index (χ1) is 7.41. The van der Waals surface area contributed by atoms with Gasteiger partial charge in [-0.25, -0.2) is 9.78 Å². The van der Waals surface area contributed by atoms with Gasteiger partial charge in [-0.2, -0.15) is 0 Å². The van der Waals surface area contributed by atoms with Crippen molar-refractivity contribution < 1.29 is 9.90 Å². The van der Waals surface area contributed by atoms with Crippen LogP contribution in [0.3, 0.4) is 0 Å². The number of nitrogens with one attached hydrogen (secondary N) is 1. The number of carbonyl (C=O) groups is 1. The lowest BCUT2D eigenvalue weighted by atomic mass is 10.1. The number of hydrogen-bond donors (Lipinski definition) is 2. The number of anilines is 1. The van der Waals surface area contributed by atoms with Gasteiger partial charge in [-0.05, 0) is 19.8 Å². The fourth-order valence-corrected chi connectivity index (χ4v) is 1.28. The molecule has 0 radical (unpaired) electrons. The van der Waals surface area contributed by atoms with E-state index in [-0.39, 0.29) is 5.92 Å². The summed E-state index contributed by atoms with van der Waals surface area (Å²) in [4.78, 5) is 19.4. The number of nitrogens with zero attached hydrogens (tertiary/aromatic N) is 2. The van der Waals surface area contributed by atoms with Crippen molar-refractivity contribution in [3.05, 3.63) is 17.6 Å². The highest BCUT2D eigenvalue weighted by molar-refractivity contribution is 5.77. The minimum absolute atomic E-state index is 0.0130. The average Bonchev–Trinajstić information content (AvgIpc) is 2.18. The Balaban J connectivity index is 2.86. The number of carboxylic acid groups (broad SMARTS) is 1. The molecule has 0 bridgehead atoms. The Kier molecular flexibility index (Phi) is 3.82. The maximum atomic E-state index is 11.0. The second kappa shape index (κ2) is 4.92. The van der Waals surface area contributed by atoms with Crippen LogP contribution in [0.5, 0.6) is 0 Å². The minimum atomic E-state index is -0.880. The Hall–Kier alpha value is -1.65. The summed E-state index contributed by atoms with van der Waals surface area (Å²) in [5.41, 5.74) is 1.65. The Morgan fingerprint density at radius 3 is 2.44 bits per heavy atom. The molecule has 1 heterocycles. The molecule has 0 aromatic carbocycles. The van der Waals surface area contributed by atoms with Crippen molar-refractivity contribution in [2.24, 2.45) is 5.92 Å². The summed E-state index contributed by atoms with van der Waals surface area (Å²) in [5, 5.41) is 11.9. The molecule has 0 aliphatic heterocycles. The first kappa shape index (κ1) is 12.4. The monoisotopic (exact) mass is 223 g/mol. The SMILES string of the molecule is Cc1ncc(NC(C(=O)O)C(C)C)nc1C. The van der Waals surface area contributed by atoms with Gasteiger partial charge in [-0.15, -0.1) is 0 Å². The van der Waals surface area contributed by atoms with Crippen molar-refractivity contribution in [2.45, 2.75) is 33.7 Å². The van der Waals surface area contributed by atoms with Crippen molar-refractivity contribution >= 4 is 11.8 Å². The quantitative estimate of drug-likeness (QED) is 0.811. The first-order valence-electron chi connectivity index (χ1n) is 5.21. The van der Waals surface area contributed by atoms with Crippen LogP contribution in [-0.4, -0.2) is 27.1 Å². The average molecular weight is 223 g/mol. The van der Waals surface area contributed by atoms with Gasteiger partial charge in [-0.3, -0.25) is 4.98 Å². The van der Waals surface area contributed by atoms with Crippen LogP contribution in [-0.2, 0) is 4.79 Å². The standard InChI is InChI=1S/C11H17N3O2/c1-6(2)10(11(15)16)14-9-5-12-7(3)8(4)13-9/h5-6,10H,1-4H3,(H,13,14)(H,15,16). The lowest BCUT2D eigenvalue weighted by molar-refractivity contribution is -0.138. The predicted octanol–water partition coefficient (Wildman–Crippen LogP) is 1.61. The van der Waals surface area contributed by atoms with E-state index in [0.717, 1.165) is 11.4 Å². The highest BCUT2D eigenvalue weighted by Gasteiger charge is 2.21. The molecule has 1 aromatic rings. The predicted molar refractivity (Wildman–Crippen MR) is 61.4 cm³/mol. The smallest absolute Gasteiger partial charge is 0.326 e. The Morgan fingerprint density at radius 1 is 1.38 bits per heavy atom. The van der Waals surface area contributed by atoms with Gasteiger partial charge in [0.2, 0.25) is 0 Å². The zero-order valence-electron chi connectivity index (χ0n) is 9.98. The number of hydrogen-bond acceptors (Lipinski definition) is 4. The minimum Gasteiger partial charge on any atom is -0.480 e. The van der Waals surface area contributed by atoms with E-state index < -0.39 is 12.0 Å². The van der Waals surface area contributed by atoms with Crippen LogP contribution in [0.25, 0.3) is 0 Å². The largest absolute Gasteiger partial charge is 0.480 e. The lowest BCUT2D eigenvalue weighted by Crippen LogP contribution is -2.34. The molecule has 1 unspecified atom stereocenters. The lowest BCUT2D eigenvalue weighted by Gasteiger charge is -2.18. The first-order valence-corrected chi connectivity index (χ1v) is 5.21. The van der Waals surface area contributed by atoms with Gasteiger partial charge >= 0.3 is 5.97 Å². The van der Waals surface area contributed by atoms with Gasteiger partial charge in [0, 0.05) is 0 Å². The summed E-state index contributed by atoms with van der Waals surface area (Å²) >= 11 is 0. The van der Waals surface area contributed by atoms with Crippen LogP contribution in [0, 0.1) is 19.8 Å². The van der Waals surface area contributed by atoms with Crippen LogP contribution in [0.4, 0.5) is 5.82 Å². The van der Waals surface area contributed by atoms with Gasteiger partial charge in [0.05, 0.1) is 17.6 Å². The van der Waals surface area contributed by atoms with Crippen molar-refractivity contribution in [1.29, 1.82) is 0 Å². The molecule has 5 heteroatoms. The third-order valence-electron chi connectivity index (χ3n) is 2.43. The molecular weight excluding hydrogens is 206 g/mol. The van der Waals surface area contributed by atoms with Crippen LogP contribution in [0.2, 0.25) is 0 Å². The molecule has 0 spiro atoms. The molecule has 2 N–H and O–H groups in total. The van der Waals surface area contributed by atoms with Gasteiger partial charge in [0.15, 0.2) is 0 Å². The van der Waals surface area contributed by atoms with E-state index in [1.165, 1.54) is 0 Å². The summed E-state index contributed by atoms with van der Waals surface area (Å²) < 4.78 is 0. The molecular formula is C11H17N3O2. The summed E-state index contributed by atoms with van der Waals surface area (Å²) in [7, 11) is 0. The second-order valence-electron chi connectivity index (χ2n) is 4.13. The van der Waals surface area contributed by atoms with Crippen LogP contribution >= 0.6 is 0 Å². The van der Waals surface area contributed by atoms with E-state index in [9.17, 15) is 4.79 Å². The highest BCUT2D eigenvalue weighted by Crippen LogP contribution is 2.11. The van der Waals surface area contributed by atoms with Crippen molar-refractivity contribution in [3.8, 4) is 0 Å². The molecule has 5 nitrogen and oxygen atoms in total. The highest BCUT2D eigenvalue weighted by atomic mass is 16.4. The summed E-state index contributed by atoms with van der Waals surface area (Å²) in [6.45, 7) is 7.41. The maximum absolute atomic E-state index is 11.0. The molecule has 1 aromatic heterocycles. The summed E-state index contributed by atoms with van der Waals surface area (Å²) in [6, 6.07) is -0.642. The van der Waals surface area contributed by atoms with Crippen molar-refractivity contribution in [1.82, 2.24) is 9.97 Å². The third kappa shape index (κ3) is 2.92. The molecule has 0 aliphatic rings. The Labute approximate surface area is 94.9 Å². The van der Waals surface area contributed by atoms with Gasteiger partial charge in [0.1, 0.15) is 11.9 Å². The number of aromatic nitrogens is 2.